The lowest BCUT2D eigenvalue weighted by atomic mass is 10.1. The summed E-state index contributed by atoms with van der Waals surface area (Å²) in [5, 5.41) is 8.66. The first kappa shape index (κ1) is 17.7. The fourth-order valence-electron chi connectivity index (χ4n) is 2.71. The Morgan fingerprint density at radius 1 is 1.24 bits per heavy atom. The van der Waals surface area contributed by atoms with Gasteiger partial charge in [-0.1, -0.05) is 6.07 Å². The van der Waals surface area contributed by atoms with Crippen LogP contribution < -0.4 is 16.0 Å². The average molecular weight is 346 g/mol. The third-order valence-corrected chi connectivity index (χ3v) is 4.48. The number of ether oxygens (including phenoxy) is 1. The van der Waals surface area contributed by atoms with Gasteiger partial charge in [0.05, 0.1) is 13.2 Å². The van der Waals surface area contributed by atoms with Crippen LogP contribution in [-0.4, -0.2) is 62.3 Å². The molecule has 1 aromatic rings. The molecule has 1 heterocycles. The van der Waals surface area contributed by atoms with E-state index in [9.17, 15) is 9.59 Å². The molecule has 7 heteroatoms. The highest BCUT2D eigenvalue weighted by Crippen LogP contribution is 2.21. The van der Waals surface area contributed by atoms with Crippen molar-refractivity contribution in [1.82, 2.24) is 15.5 Å². The van der Waals surface area contributed by atoms with Gasteiger partial charge < -0.3 is 20.7 Å². The number of rotatable bonds is 6. The van der Waals surface area contributed by atoms with Crippen LogP contribution >= 0.6 is 0 Å². The quantitative estimate of drug-likeness (QED) is 0.726. The van der Waals surface area contributed by atoms with Gasteiger partial charge in [0.1, 0.15) is 0 Å². The molecule has 7 nitrogen and oxygen atoms in total. The van der Waals surface area contributed by atoms with E-state index in [1.54, 1.807) is 12.1 Å². The maximum Gasteiger partial charge on any atom is 0.319 e. The van der Waals surface area contributed by atoms with E-state index in [4.69, 9.17) is 4.74 Å². The molecule has 136 valence electrons. The molecule has 1 saturated carbocycles. The van der Waals surface area contributed by atoms with Crippen molar-refractivity contribution in [2.24, 2.45) is 0 Å². The minimum Gasteiger partial charge on any atom is -0.379 e. The van der Waals surface area contributed by atoms with Gasteiger partial charge in [-0.05, 0) is 37.5 Å². The van der Waals surface area contributed by atoms with Crippen LogP contribution in [0.2, 0.25) is 0 Å². The standard InChI is InChI=1S/C18H26N4O3/c1-13-2-3-14(17(23)20-15-4-5-15)12-16(13)21-18(24)19-6-7-22-8-10-25-11-9-22/h2-3,12,15H,4-11H2,1H3,(H,20,23)(H2,19,21,24). The molecule has 1 saturated heterocycles. The smallest absolute Gasteiger partial charge is 0.319 e. The first-order chi connectivity index (χ1) is 12.1. The van der Waals surface area contributed by atoms with Crippen molar-refractivity contribution < 1.29 is 14.3 Å². The van der Waals surface area contributed by atoms with Crippen LogP contribution in [0.3, 0.4) is 0 Å². The van der Waals surface area contributed by atoms with Crippen molar-refractivity contribution in [3.8, 4) is 0 Å². The zero-order valence-corrected chi connectivity index (χ0v) is 14.6. The minimum absolute atomic E-state index is 0.0849. The summed E-state index contributed by atoms with van der Waals surface area (Å²) in [7, 11) is 0. The maximum absolute atomic E-state index is 12.1. The monoisotopic (exact) mass is 346 g/mol. The number of hydrogen-bond acceptors (Lipinski definition) is 4. The van der Waals surface area contributed by atoms with Gasteiger partial charge in [0, 0.05) is 43.5 Å². The van der Waals surface area contributed by atoms with E-state index in [2.05, 4.69) is 20.9 Å². The molecule has 1 aliphatic heterocycles. The van der Waals surface area contributed by atoms with Crippen LogP contribution in [0.1, 0.15) is 28.8 Å². The second-order valence-corrected chi connectivity index (χ2v) is 6.61. The van der Waals surface area contributed by atoms with Gasteiger partial charge in [-0.2, -0.15) is 0 Å². The number of morpholine rings is 1. The number of anilines is 1. The van der Waals surface area contributed by atoms with E-state index >= 15 is 0 Å². The molecule has 0 unspecified atom stereocenters. The summed E-state index contributed by atoms with van der Waals surface area (Å²) in [6.07, 6.45) is 2.10. The normalized spacial score (nSPS) is 17.8. The molecule has 0 radical (unpaired) electrons. The minimum atomic E-state index is -0.254. The summed E-state index contributed by atoms with van der Waals surface area (Å²) in [6, 6.07) is 5.43. The van der Waals surface area contributed by atoms with Crippen LogP contribution in [-0.2, 0) is 4.74 Å². The summed E-state index contributed by atoms with van der Waals surface area (Å²) < 4.78 is 5.30. The van der Waals surface area contributed by atoms with Crippen molar-refractivity contribution in [3.63, 3.8) is 0 Å². The van der Waals surface area contributed by atoms with Gasteiger partial charge in [0.2, 0.25) is 0 Å². The van der Waals surface area contributed by atoms with Gasteiger partial charge in [-0.25, -0.2) is 4.79 Å². The molecular formula is C18H26N4O3. The molecule has 3 amide bonds. The van der Waals surface area contributed by atoms with Crippen LogP contribution in [0.15, 0.2) is 18.2 Å². The highest BCUT2D eigenvalue weighted by Gasteiger charge is 2.24. The lowest BCUT2D eigenvalue weighted by molar-refractivity contribution is 0.0388. The van der Waals surface area contributed by atoms with Crippen LogP contribution in [0.4, 0.5) is 10.5 Å². The zero-order chi connectivity index (χ0) is 17.6. The molecule has 3 rings (SSSR count). The Labute approximate surface area is 148 Å². The lowest BCUT2D eigenvalue weighted by Crippen LogP contribution is -2.42. The fraction of sp³-hybridized carbons (Fsp3) is 0.556. The number of carbonyl (C=O) groups is 2. The van der Waals surface area contributed by atoms with Crippen LogP contribution in [0, 0.1) is 6.92 Å². The molecule has 0 bridgehead atoms. The molecule has 25 heavy (non-hydrogen) atoms. The number of hydrogen-bond donors (Lipinski definition) is 3. The number of aryl methyl sites for hydroxylation is 1. The van der Waals surface area contributed by atoms with E-state index in [1.807, 2.05) is 13.0 Å². The Kier molecular flexibility index (Phi) is 5.88. The van der Waals surface area contributed by atoms with Gasteiger partial charge in [0.15, 0.2) is 0 Å². The molecule has 1 aromatic carbocycles. The van der Waals surface area contributed by atoms with Crippen molar-refractivity contribution in [2.75, 3.05) is 44.7 Å². The average Bonchev–Trinajstić information content (AvgIpc) is 3.42. The second-order valence-electron chi connectivity index (χ2n) is 6.61. The number of carbonyl (C=O) groups excluding carboxylic acids is 2. The topological polar surface area (TPSA) is 82.7 Å². The highest BCUT2D eigenvalue weighted by atomic mass is 16.5. The molecule has 1 aliphatic carbocycles. The predicted molar refractivity (Wildman–Crippen MR) is 95.9 cm³/mol. The molecule has 0 aromatic heterocycles. The summed E-state index contributed by atoms with van der Waals surface area (Å²) in [5.74, 6) is -0.0849. The van der Waals surface area contributed by atoms with Gasteiger partial charge in [-0.15, -0.1) is 0 Å². The van der Waals surface area contributed by atoms with Gasteiger partial charge in [-0.3, -0.25) is 9.69 Å². The summed E-state index contributed by atoms with van der Waals surface area (Å²) in [5.41, 5.74) is 2.15. The molecular weight excluding hydrogens is 320 g/mol. The SMILES string of the molecule is Cc1ccc(C(=O)NC2CC2)cc1NC(=O)NCCN1CCOCC1. The Hall–Kier alpha value is -2.12. The van der Waals surface area contributed by atoms with Crippen LogP contribution in [0.5, 0.6) is 0 Å². The third kappa shape index (κ3) is 5.44. The number of nitrogens with one attached hydrogen (secondary N) is 3. The first-order valence-electron chi connectivity index (χ1n) is 8.88. The molecule has 3 N–H and O–H groups in total. The number of amides is 3. The lowest BCUT2D eigenvalue weighted by Gasteiger charge is -2.26. The zero-order valence-electron chi connectivity index (χ0n) is 14.6. The molecule has 0 atom stereocenters. The Morgan fingerprint density at radius 2 is 2.00 bits per heavy atom. The Bertz CT molecular complexity index is 625. The van der Waals surface area contributed by atoms with Crippen molar-refractivity contribution in [3.05, 3.63) is 29.3 Å². The Balaban J connectivity index is 1.48. The largest absolute Gasteiger partial charge is 0.379 e. The van der Waals surface area contributed by atoms with E-state index in [0.29, 0.717) is 23.8 Å². The Morgan fingerprint density at radius 3 is 2.72 bits per heavy atom. The highest BCUT2D eigenvalue weighted by molar-refractivity contribution is 5.97. The van der Waals surface area contributed by atoms with Crippen molar-refractivity contribution in [1.29, 1.82) is 0 Å². The van der Waals surface area contributed by atoms with Crippen LogP contribution in [0.25, 0.3) is 0 Å². The third-order valence-electron chi connectivity index (χ3n) is 4.48. The van der Waals surface area contributed by atoms with E-state index in [-0.39, 0.29) is 11.9 Å². The molecule has 2 fully saturated rings. The van der Waals surface area contributed by atoms with E-state index in [0.717, 1.165) is 51.3 Å². The summed E-state index contributed by atoms with van der Waals surface area (Å²) >= 11 is 0. The second kappa shape index (κ2) is 8.31. The summed E-state index contributed by atoms with van der Waals surface area (Å²) in [4.78, 5) is 26.5. The number of benzene rings is 1. The van der Waals surface area contributed by atoms with Gasteiger partial charge >= 0.3 is 6.03 Å². The van der Waals surface area contributed by atoms with E-state index in [1.165, 1.54) is 0 Å². The fourth-order valence-corrected chi connectivity index (χ4v) is 2.71. The molecule has 0 spiro atoms. The number of urea groups is 1. The number of nitrogens with zero attached hydrogens (tertiary/aromatic N) is 1. The van der Waals surface area contributed by atoms with Gasteiger partial charge in [0.25, 0.3) is 5.91 Å². The van der Waals surface area contributed by atoms with Crippen molar-refractivity contribution in [2.45, 2.75) is 25.8 Å². The van der Waals surface area contributed by atoms with Crippen molar-refractivity contribution >= 4 is 17.6 Å². The van der Waals surface area contributed by atoms with E-state index < -0.39 is 0 Å². The summed E-state index contributed by atoms with van der Waals surface area (Å²) in [6.45, 7) is 6.60. The predicted octanol–water partition coefficient (Wildman–Crippen LogP) is 1.34. The molecule has 2 aliphatic rings. The maximum atomic E-state index is 12.1. The first-order valence-corrected chi connectivity index (χ1v) is 8.88.